The second-order valence-corrected chi connectivity index (χ2v) is 34.0. The van der Waals surface area contributed by atoms with Gasteiger partial charge in [0.05, 0.1) is 33.4 Å². The lowest BCUT2D eigenvalue weighted by Crippen LogP contribution is -2.34. The number of carbonyl (C=O) groups is 7. The minimum absolute atomic E-state index is 0. The number of nitrogens with one attached hydrogen (secondary N) is 3. The van der Waals surface area contributed by atoms with Crippen LogP contribution in [0.5, 0.6) is 28.7 Å². The second-order valence-electron chi connectivity index (χ2n) is 33.6. The van der Waals surface area contributed by atoms with Crippen LogP contribution in [0.15, 0.2) is 160 Å². The maximum absolute atomic E-state index is 13.1. The van der Waals surface area contributed by atoms with Crippen LogP contribution in [0, 0.1) is 6.92 Å². The maximum atomic E-state index is 13.1. The largest absolute Gasteiger partial charge is 0.508 e. The van der Waals surface area contributed by atoms with Crippen LogP contribution in [-0.2, 0) is 64.6 Å². The SMILES string of the molecule is C=CC(=O)Cl.C=CC(=O)N(C)CC.CCC.CCNC(=O)c1noc(-c2cc(C(C)C)c(C)cc2OCc2ccccc2)c1-c1ccc2c(c1)CCCC2.CCNC(=O)c1noc(-c2cc(C(C)C)c(O)cc2O)c1-c1ccc2c(c1)CCN(CCC(=O)N(C)C)C2.CCNC(=O)c1noc(-c2cc(C(C)C)c(O)cc2O)c1-c1ccc2c(c1)CCN(CCC(=O)N(C)C)C2.Cl. The Balaban J connectivity index is 0.000000246. The summed E-state index contributed by atoms with van der Waals surface area (Å²) >= 11 is 4.71. The van der Waals surface area contributed by atoms with Crippen LogP contribution in [0.2, 0.25) is 0 Å². The molecule has 2 aliphatic heterocycles. The third-order valence-corrected chi connectivity index (χ3v) is 22.7. The molecule has 0 radical (unpaired) electrons. The fraction of sp³-hybridized carbons (Fsp3) is 0.398. The van der Waals surface area contributed by atoms with Gasteiger partial charge in [-0.05, 0) is 217 Å². The Morgan fingerprint density at radius 2 is 0.855 bits per heavy atom. The number of hydrogen-bond acceptors (Lipinski definition) is 20. The van der Waals surface area contributed by atoms with Crippen molar-refractivity contribution in [3.8, 4) is 96.1 Å². The van der Waals surface area contributed by atoms with E-state index >= 15 is 0 Å². The number of hydrogen-bond donors (Lipinski definition) is 7. The molecule has 5 heterocycles. The number of likely N-dealkylation sites (N-methyl/N-ethyl adjacent to an activating group) is 1. The maximum Gasteiger partial charge on any atom is 0.274 e. The highest BCUT2D eigenvalue weighted by Gasteiger charge is 2.33. The van der Waals surface area contributed by atoms with E-state index in [0.29, 0.717) is 114 Å². The predicted octanol–water partition coefficient (Wildman–Crippen LogP) is 19.3. The standard InChI is InChI=1S/C33H36N2O3.2C29H36N4O5.C6H11NO.C3H3ClO.C3H8.ClH/c1-5-34-33(36)31-30(26-16-15-24-13-9-10-14-25(24)18-26)32(38-35-31)28-19-27(21(2)3)22(4)17-29(28)37-20-23-11-7-6-8-12-23;2*1-6-30-29(37)27-26(28(38-31-27)22-14-21(17(2)3)23(34)15-24(22)35)19-7-8-20-16-33(11-9-18(20)13-19)12-10-25(36)32(4)5;1-4-6(8)7(3)5-2;1-2-3(4)5;1-3-2;/h6-8,11-12,15-19,21H,5,9-10,13-14,20H2,1-4H3,(H,34,36);2*7-8,13-15,17,34-35H,6,9-12,16H2,1-5H3,(H,30,37);4H,1,5H2,2-3H3;2H,1H2;3H2,1-2H3;1H. The first-order chi connectivity index (χ1) is 62.1. The zero-order valence-corrected chi connectivity index (χ0v) is 80.7. The summed E-state index contributed by atoms with van der Waals surface area (Å²) in [6, 6.07) is 38.9. The number of nitrogens with zero attached hydrogens (tertiary/aromatic N) is 8. The molecule has 13 rings (SSSR count). The number of phenols is 4. The number of aromatic nitrogens is 3. The Labute approximate surface area is 782 Å². The molecule has 0 spiro atoms. The number of allylic oxidation sites excluding steroid dienone is 1. The van der Waals surface area contributed by atoms with Gasteiger partial charge in [0, 0.05) is 126 Å². The Bertz CT molecular complexity index is 5390. The molecule has 0 bridgehead atoms. The first-order valence-corrected chi connectivity index (χ1v) is 45.1. The molecule has 7 N–H and O–H groups in total. The molecule has 0 saturated heterocycles. The van der Waals surface area contributed by atoms with Gasteiger partial charge in [-0.1, -0.05) is 175 Å². The minimum atomic E-state index is -0.509. The topological polar surface area (TPSA) is 340 Å². The van der Waals surface area contributed by atoms with Crippen molar-refractivity contribution in [2.24, 2.45) is 0 Å². The summed E-state index contributed by atoms with van der Waals surface area (Å²) in [6.07, 6.45) is 10.7. The van der Waals surface area contributed by atoms with Gasteiger partial charge in [-0.3, -0.25) is 43.4 Å². The van der Waals surface area contributed by atoms with E-state index in [-0.39, 0.29) is 106 Å². The van der Waals surface area contributed by atoms with Gasteiger partial charge in [0.2, 0.25) is 23.0 Å². The molecule has 7 aromatic carbocycles. The van der Waals surface area contributed by atoms with E-state index in [9.17, 15) is 54.0 Å². The molecule has 131 heavy (non-hydrogen) atoms. The van der Waals surface area contributed by atoms with Crippen LogP contribution < -0.4 is 20.7 Å². The number of amides is 6. The molecule has 0 unspecified atom stereocenters. The van der Waals surface area contributed by atoms with E-state index < -0.39 is 5.24 Å². The van der Waals surface area contributed by atoms with Crippen molar-refractivity contribution in [2.75, 3.05) is 87.6 Å². The Morgan fingerprint density at radius 3 is 1.21 bits per heavy atom. The van der Waals surface area contributed by atoms with Gasteiger partial charge in [-0.25, -0.2) is 0 Å². The van der Waals surface area contributed by atoms with E-state index in [4.69, 9.17) is 29.9 Å². The highest BCUT2D eigenvalue weighted by Crippen LogP contribution is 2.48. The van der Waals surface area contributed by atoms with Crippen molar-refractivity contribution in [2.45, 2.75) is 185 Å². The lowest BCUT2D eigenvalue weighted by Gasteiger charge is -2.29. The minimum Gasteiger partial charge on any atom is -0.508 e. The zero-order chi connectivity index (χ0) is 95.3. The van der Waals surface area contributed by atoms with Gasteiger partial charge in [0.25, 0.3) is 17.7 Å². The predicted molar refractivity (Wildman–Crippen MR) is 520 cm³/mol. The number of halogens is 2. The number of aryl methyl sites for hydroxylation is 3. The average molecular weight is 1830 g/mol. The third kappa shape index (κ3) is 28.1. The fourth-order valence-corrected chi connectivity index (χ4v) is 15.3. The number of fused-ring (bicyclic) bond motifs is 3. The smallest absolute Gasteiger partial charge is 0.274 e. The normalized spacial score (nSPS) is 12.4. The summed E-state index contributed by atoms with van der Waals surface area (Å²) < 4.78 is 23.8. The number of benzene rings is 7. The summed E-state index contributed by atoms with van der Waals surface area (Å²) in [6.45, 7) is 39.5. The van der Waals surface area contributed by atoms with Gasteiger partial charge >= 0.3 is 0 Å². The van der Waals surface area contributed by atoms with Crippen molar-refractivity contribution in [3.05, 3.63) is 225 Å². The molecule has 0 saturated carbocycles. The molecule has 10 aromatic rings. The van der Waals surface area contributed by atoms with Crippen LogP contribution in [0.1, 0.15) is 226 Å². The van der Waals surface area contributed by atoms with Crippen molar-refractivity contribution in [1.82, 2.24) is 55.9 Å². The first kappa shape index (κ1) is 106. The molecule has 26 nitrogen and oxygen atoms in total. The summed E-state index contributed by atoms with van der Waals surface area (Å²) in [5, 5.41) is 62.6. The first-order valence-electron chi connectivity index (χ1n) is 44.8. The molecule has 3 aromatic heterocycles. The van der Waals surface area contributed by atoms with Gasteiger partial charge < -0.3 is 69.4 Å². The van der Waals surface area contributed by atoms with Crippen LogP contribution in [0.25, 0.3) is 67.4 Å². The summed E-state index contributed by atoms with van der Waals surface area (Å²) in [5.74, 6) is 1.05. The Hall–Kier alpha value is -12.4. The van der Waals surface area contributed by atoms with E-state index in [1.54, 1.807) is 62.1 Å². The number of rotatable bonds is 27. The van der Waals surface area contributed by atoms with E-state index in [1.165, 1.54) is 65.3 Å². The van der Waals surface area contributed by atoms with E-state index in [2.05, 4.69) is 144 Å². The molecule has 702 valence electrons. The number of aromatic hydroxyl groups is 4. The van der Waals surface area contributed by atoms with Crippen LogP contribution in [0.3, 0.4) is 0 Å². The van der Waals surface area contributed by atoms with E-state index in [0.717, 1.165) is 109 Å². The molecule has 1 aliphatic carbocycles. The lowest BCUT2D eigenvalue weighted by molar-refractivity contribution is -0.129. The van der Waals surface area contributed by atoms with Crippen molar-refractivity contribution in [1.29, 1.82) is 0 Å². The monoisotopic (exact) mass is 1830 g/mol. The van der Waals surface area contributed by atoms with Crippen molar-refractivity contribution >= 4 is 64.7 Å². The lowest BCUT2D eigenvalue weighted by atomic mass is 9.87. The molecular formula is C103H131Cl2N11O15. The van der Waals surface area contributed by atoms with Crippen LogP contribution in [-0.4, -0.2) is 189 Å². The molecule has 0 fully saturated rings. The van der Waals surface area contributed by atoms with Gasteiger partial charge in [-0.15, -0.1) is 12.4 Å². The summed E-state index contributed by atoms with van der Waals surface area (Å²) in [5.41, 5.74) is 18.4. The highest BCUT2D eigenvalue weighted by molar-refractivity contribution is 6.66. The average Bonchev–Trinajstić information content (AvgIpc) is 1.66. The van der Waals surface area contributed by atoms with Crippen molar-refractivity contribution in [3.63, 3.8) is 0 Å². The van der Waals surface area contributed by atoms with Gasteiger partial charge in [0.15, 0.2) is 34.4 Å². The summed E-state index contributed by atoms with van der Waals surface area (Å²) in [4.78, 5) is 92.4. The molecule has 28 heteroatoms. The quantitative estimate of drug-likeness (QED) is 0.0186. The third-order valence-electron chi connectivity index (χ3n) is 22.5. The van der Waals surface area contributed by atoms with Crippen molar-refractivity contribution < 1.29 is 72.3 Å². The summed E-state index contributed by atoms with van der Waals surface area (Å²) in [7, 11) is 8.82. The van der Waals surface area contributed by atoms with E-state index in [1.807, 2.05) is 97.9 Å². The Morgan fingerprint density at radius 1 is 0.489 bits per heavy atom. The van der Waals surface area contributed by atoms with Gasteiger partial charge in [0.1, 0.15) is 35.4 Å². The second kappa shape index (κ2) is 50.7. The number of carbonyl (C=O) groups excluding carboxylic acids is 7. The fourth-order valence-electron chi connectivity index (χ4n) is 15.3. The number of phenolic OH excluding ortho intramolecular Hbond substituents is 4. The zero-order valence-electron chi connectivity index (χ0n) is 79.1. The molecule has 6 amide bonds. The van der Waals surface area contributed by atoms with Gasteiger partial charge in [-0.2, -0.15) is 0 Å². The highest BCUT2D eigenvalue weighted by atomic mass is 35.5. The Kier molecular flexibility index (Phi) is 40.9. The molecule has 3 aliphatic rings. The molecule has 0 atom stereocenters. The van der Waals surface area contributed by atoms with Crippen LogP contribution >= 0.6 is 24.0 Å². The molecular weight excluding hydrogens is 1700 g/mol. The van der Waals surface area contributed by atoms with Crippen LogP contribution in [0.4, 0.5) is 0 Å². The number of ether oxygens (including phenoxy) is 1.